The highest BCUT2D eigenvalue weighted by atomic mass is 16.2. The zero-order valence-electron chi connectivity index (χ0n) is 12.7. The molecular formula is C15H22N4O2. The van der Waals surface area contributed by atoms with Gasteiger partial charge in [-0.15, -0.1) is 0 Å². The highest BCUT2D eigenvalue weighted by Crippen LogP contribution is 2.32. The Hall–Kier alpha value is -1.85. The van der Waals surface area contributed by atoms with Crippen molar-refractivity contribution < 1.29 is 9.59 Å². The second kappa shape index (κ2) is 5.16. The molecule has 2 aliphatic rings. The summed E-state index contributed by atoms with van der Waals surface area (Å²) >= 11 is 0. The molecule has 114 valence electrons. The van der Waals surface area contributed by atoms with E-state index >= 15 is 0 Å². The van der Waals surface area contributed by atoms with Gasteiger partial charge in [0.25, 0.3) is 0 Å². The van der Waals surface area contributed by atoms with Crippen LogP contribution in [0.25, 0.3) is 0 Å². The predicted molar refractivity (Wildman–Crippen MR) is 77.3 cm³/mol. The van der Waals surface area contributed by atoms with Gasteiger partial charge in [0.15, 0.2) is 0 Å². The maximum atomic E-state index is 12.9. The third-order valence-corrected chi connectivity index (χ3v) is 4.57. The smallest absolute Gasteiger partial charge is 0.249 e. The molecule has 6 nitrogen and oxygen atoms in total. The molecule has 3 rings (SSSR count). The van der Waals surface area contributed by atoms with Crippen LogP contribution >= 0.6 is 0 Å². The first-order valence-corrected chi connectivity index (χ1v) is 7.60. The van der Waals surface area contributed by atoms with Gasteiger partial charge in [-0.3, -0.25) is 14.3 Å². The molecule has 1 saturated heterocycles. The van der Waals surface area contributed by atoms with Crippen molar-refractivity contribution in [3.05, 3.63) is 17.5 Å². The zero-order valence-corrected chi connectivity index (χ0v) is 12.7. The monoisotopic (exact) mass is 290 g/mol. The van der Waals surface area contributed by atoms with E-state index < -0.39 is 5.54 Å². The number of carbonyl (C=O) groups excluding carboxylic acids is 2. The molecule has 0 bridgehead atoms. The van der Waals surface area contributed by atoms with Gasteiger partial charge in [0.05, 0.1) is 17.9 Å². The summed E-state index contributed by atoms with van der Waals surface area (Å²) in [5, 5.41) is 7.27. The third-order valence-electron chi connectivity index (χ3n) is 4.57. The van der Waals surface area contributed by atoms with Crippen LogP contribution in [-0.2, 0) is 23.2 Å². The van der Waals surface area contributed by atoms with E-state index in [0.717, 1.165) is 43.5 Å². The fourth-order valence-electron chi connectivity index (χ4n) is 3.54. The van der Waals surface area contributed by atoms with Gasteiger partial charge < -0.3 is 10.2 Å². The summed E-state index contributed by atoms with van der Waals surface area (Å²) in [6.07, 6.45) is 4.68. The molecular weight excluding hydrogens is 268 g/mol. The number of aromatic nitrogens is 2. The molecule has 2 heterocycles. The number of rotatable bonds is 2. The van der Waals surface area contributed by atoms with Crippen LogP contribution in [0.3, 0.4) is 0 Å². The molecule has 1 aliphatic carbocycles. The molecule has 1 N–H and O–H groups in total. The number of aryl methyl sites for hydroxylation is 2. The van der Waals surface area contributed by atoms with Crippen molar-refractivity contribution in [1.82, 2.24) is 20.0 Å². The lowest BCUT2D eigenvalue weighted by molar-refractivity contribution is -0.152. The van der Waals surface area contributed by atoms with Crippen molar-refractivity contribution in [2.45, 2.75) is 51.1 Å². The van der Waals surface area contributed by atoms with Gasteiger partial charge in [-0.05, 0) is 25.8 Å². The SMILES string of the molecule is Cc1cc(CN2CC(=O)NC3(CCCCC3)C2=O)n(C)n1. The average molecular weight is 290 g/mol. The molecule has 2 amide bonds. The van der Waals surface area contributed by atoms with Gasteiger partial charge in [0, 0.05) is 7.05 Å². The summed E-state index contributed by atoms with van der Waals surface area (Å²) in [6.45, 7) is 2.52. The summed E-state index contributed by atoms with van der Waals surface area (Å²) < 4.78 is 1.78. The molecule has 0 atom stereocenters. The number of nitrogens with one attached hydrogen (secondary N) is 1. The quantitative estimate of drug-likeness (QED) is 0.879. The van der Waals surface area contributed by atoms with E-state index in [1.807, 2.05) is 20.0 Å². The topological polar surface area (TPSA) is 67.2 Å². The van der Waals surface area contributed by atoms with E-state index in [1.165, 1.54) is 0 Å². The van der Waals surface area contributed by atoms with Gasteiger partial charge in [0.1, 0.15) is 12.1 Å². The summed E-state index contributed by atoms with van der Waals surface area (Å²) in [6, 6.07) is 1.97. The Kier molecular flexibility index (Phi) is 3.47. The Morgan fingerprint density at radius 1 is 1.29 bits per heavy atom. The maximum absolute atomic E-state index is 12.9. The van der Waals surface area contributed by atoms with Crippen LogP contribution in [0.15, 0.2) is 6.07 Å². The van der Waals surface area contributed by atoms with Gasteiger partial charge in [-0.25, -0.2) is 0 Å². The number of carbonyl (C=O) groups is 2. The van der Waals surface area contributed by atoms with Crippen molar-refractivity contribution in [3.8, 4) is 0 Å². The van der Waals surface area contributed by atoms with E-state index in [0.29, 0.717) is 6.54 Å². The largest absolute Gasteiger partial charge is 0.340 e. The van der Waals surface area contributed by atoms with E-state index in [1.54, 1.807) is 9.58 Å². The van der Waals surface area contributed by atoms with Crippen LogP contribution in [0.1, 0.15) is 43.5 Å². The molecule has 2 fully saturated rings. The van der Waals surface area contributed by atoms with Crippen molar-refractivity contribution in [2.75, 3.05) is 6.54 Å². The second-order valence-electron chi connectivity index (χ2n) is 6.25. The lowest BCUT2D eigenvalue weighted by atomic mass is 9.79. The highest BCUT2D eigenvalue weighted by molar-refractivity contribution is 5.98. The lowest BCUT2D eigenvalue weighted by Gasteiger charge is -2.44. The Morgan fingerprint density at radius 3 is 2.62 bits per heavy atom. The third kappa shape index (κ3) is 2.54. The van der Waals surface area contributed by atoms with Crippen LogP contribution in [0.4, 0.5) is 0 Å². The Morgan fingerprint density at radius 2 is 2.00 bits per heavy atom. The first-order chi connectivity index (χ1) is 10.00. The minimum atomic E-state index is -0.652. The number of amides is 2. The normalized spacial score (nSPS) is 21.7. The lowest BCUT2D eigenvalue weighted by Crippen LogP contribution is -2.66. The first kappa shape index (κ1) is 14.1. The van der Waals surface area contributed by atoms with Crippen LogP contribution < -0.4 is 5.32 Å². The standard InChI is InChI=1S/C15H22N4O2/c1-11-8-12(18(2)17-11)9-19-10-13(20)16-15(14(19)21)6-4-3-5-7-15/h8H,3-7,9-10H2,1-2H3,(H,16,20). The van der Waals surface area contributed by atoms with E-state index in [-0.39, 0.29) is 18.4 Å². The second-order valence-corrected chi connectivity index (χ2v) is 6.25. The van der Waals surface area contributed by atoms with Gasteiger partial charge in [-0.1, -0.05) is 19.3 Å². The maximum Gasteiger partial charge on any atom is 0.249 e. The number of piperazine rings is 1. The Balaban J connectivity index is 1.82. The van der Waals surface area contributed by atoms with Crippen LogP contribution in [0.2, 0.25) is 0 Å². The average Bonchev–Trinajstić information content (AvgIpc) is 2.75. The molecule has 1 aromatic rings. The Labute approximate surface area is 124 Å². The predicted octanol–water partition coefficient (Wildman–Crippen LogP) is 0.890. The fraction of sp³-hybridized carbons (Fsp3) is 0.667. The Bertz CT molecular complexity index is 572. The molecule has 1 saturated carbocycles. The van der Waals surface area contributed by atoms with Crippen LogP contribution in [-0.4, -0.2) is 38.6 Å². The molecule has 1 aliphatic heterocycles. The summed E-state index contributed by atoms with van der Waals surface area (Å²) in [5.41, 5.74) is 1.23. The minimum absolute atomic E-state index is 0.0459. The van der Waals surface area contributed by atoms with Crippen LogP contribution in [0.5, 0.6) is 0 Å². The summed E-state index contributed by atoms with van der Waals surface area (Å²) in [5.74, 6) is 0.0241. The van der Waals surface area contributed by atoms with Crippen molar-refractivity contribution in [2.24, 2.45) is 7.05 Å². The molecule has 6 heteroatoms. The fourth-order valence-corrected chi connectivity index (χ4v) is 3.54. The molecule has 21 heavy (non-hydrogen) atoms. The van der Waals surface area contributed by atoms with Gasteiger partial charge in [0.2, 0.25) is 11.8 Å². The first-order valence-electron chi connectivity index (χ1n) is 7.60. The molecule has 1 spiro atoms. The highest BCUT2D eigenvalue weighted by Gasteiger charge is 2.47. The summed E-state index contributed by atoms with van der Waals surface area (Å²) in [4.78, 5) is 26.6. The summed E-state index contributed by atoms with van der Waals surface area (Å²) in [7, 11) is 1.87. The van der Waals surface area contributed by atoms with E-state index in [9.17, 15) is 9.59 Å². The van der Waals surface area contributed by atoms with Gasteiger partial charge >= 0.3 is 0 Å². The molecule has 0 radical (unpaired) electrons. The molecule has 0 unspecified atom stereocenters. The number of nitrogens with zero attached hydrogens (tertiary/aromatic N) is 3. The number of hydrogen-bond donors (Lipinski definition) is 1. The minimum Gasteiger partial charge on any atom is -0.340 e. The van der Waals surface area contributed by atoms with Crippen molar-refractivity contribution >= 4 is 11.8 Å². The molecule has 1 aromatic heterocycles. The van der Waals surface area contributed by atoms with Crippen LogP contribution in [0, 0.1) is 6.92 Å². The van der Waals surface area contributed by atoms with Crippen molar-refractivity contribution in [1.29, 1.82) is 0 Å². The van der Waals surface area contributed by atoms with Crippen molar-refractivity contribution in [3.63, 3.8) is 0 Å². The van der Waals surface area contributed by atoms with E-state index in [2.05, 4.69) is 10.4 Å². The molecule has 0 aromatic carbocycles. The van der Waals surface area contributed by atoms with Gasteiger partial charge in [-0.2, -0.15) is 5.10 Å². The van der Waals surface area contributed by atoms with E-state index in [4.69, 9.17) is 0 Å². The number of hydrogen-bond acceptors (Lipinski definition) is 3. The zero-order chi connectivity index (χ0) is 15.0.